The number of hydrogen-bond donors (Lipinski definition) is 4. The molecule has 2 aromatic rings. The number of aromatic nitrogens is 2. The summed E-state index contributed by atoms with van der Waals surface area (Å²) >= 11 is 0. The fourth-order valence-corrected chi connectivity index (χ4v) is 1.51. The van der Waals surface area contributed by atoms with E-state index in [2.05, 4.69) is 15.3 Å². The number of hydrogen-bond acceptors (Lipinski definition) is 4. The number of benzene rings is 1. The Bertz CT molecular complexity index is 565. The first-order chi connectivity index (χ1) is 10.3. The van der Waals surface area contributed by atoms with Gasteiger partial charge in [0.2, 0.25) is 5.95 Å². The molecule has 0 unspecified atom stereocenters. The second kappa shape index (κ2) is 8.23. The Morgan fingerprint density at radius 3 is 2.50 bits per heavy atom. The van der Waals surface area contributed by atoms with Crippen LogP contribution in [-0.4, -0.2) is 40.3 Å². The van der Waals surface area contributed by atoms with Crippen LogP contribution in [0.1, 0.15) is 12.8 Å². The second-order valence-corrected chi connectivity index (χ2v) is 4.33. The average Bonchev–Trinajstić information content (AvgIpc) is 2.86. The van der Waals surface area contributed by atoms with E-state index in [4.69, 9.17) is 15.6 Å². The maximum absolute atomic E-state index is 10.6. The van der Waals surface area contributed by atoms with Gasteiger partial charge in [-0.2, -0.15) is 13.2 Å². The third-order valence-corrected chi connectivity index (χ3v) is 2.56. The molecule has 0 atom stereocenters. The second-order valence-electron chi connectivity index (χ2n) is 4.33. The van der Waals surface area contributed by atoms with Gasteiger partial charge in [-0.25, -0.2) is 9.78 Å². The van der Waals surface area contributed by atoms with E-state index in [9.17, 15) is 13.2 Å². The molecule has 22 heavy (non-hydrogen) atoms. The van der Waals surface area contributed by atoms with E-state index < -0.39 is 12.1 Å². The predicted molar refractivity (Wildman–Crippen MR) is 76.6 cm³/mol. The van der Waals surface area contributed by atoms with Crippen molar-refractivity contribution in [2.45, 2.75) is 19.0 Å². The van der Waals surface area contributed by atoms with Crippen LogP contribution in [-0.2, 0) is 4.79 Å². The molecule has 1 aromatic heterocycles. The lowest BCUT2D eigenvalue weighted by Gasteiger charge is -2.00. The van der Waals surface area contributed by atoms with Crippen LogP contribution in [0, 0.1) is 0 Å². The van der Waals surface area contributed by atoms with Crippen LogP contribution in [0.2, 0.25) is 0 Å². The number of fused-ring (bicyclic) bond motifs is 1. The van der Waals surface area contributed by atoms with Crippen molar-refractivity contribution in [2.75, 3.05) is 18.4 Å². The van der Waals surface area contributed by atoms with E-state index in [1.165, 1.54) is 0 Å². The summed E-state index contributed by atoms with van der Waals surface area (Å²) < 4.78 is 31.7. The number of nitrogens with zero attached hydrogens (tertiary/aromatic N) is 1. The van der Waals surface area contributed by atoms with Gasteiger partial charge in [0.05, 0.1) is 11.0 Å². The molecule has 0 aliphatic carbocycles. The summed E-state index contributed by atoms with van der Waals surface area (Å²) in [7, 11) is 0. The van der Waals surface area contributed by atoms with Crippen LogP contribution in [0.25, 0.3) is 11.0 Å². The number of rotatable bonds is 5. The van der Waals surface area contributed by atoms with Gasteiger partial charge >= 0.3 is 12.1 Å². The minimum absolute atomic E-state index is 0.752. The molecule has 0 amide bonds. The maximum atomic E-state index is 10.6. The SMILES string of the molecule is NCCCCNc1nc2ccccc2[nH]1.O=C(O)C(F)(F)F. The summed E-state index contributed by atoms with van der Waals surface area (Å²) in [6.07, 6.45) is -2.96. The highest BCUT2D eigenvalue weighted by molar-refractivity contribution is 5.77. The number of aromatic amines is 1. The fourth-order valence-electron chi connectivity index (χ4n) is 1.51. The van der Waals surface area contributed by atoms with Gasteiger partial charge in [-0.05, 0) is 31.5 Å². The molecule has 0 aliphatic rings. The van der Waals surface area contributed by atoms with E-state index in [0.29, 0.717) is 0 Å². The number of nitrogens with one attached hydrogen (secondary N) is 2. The third kappa shape index (κ3) is 6.00. The van der Waals surface area contributed by atoms with Crippen LogP contribution in [0.5, 0.6) is 0 Å². The third-order valence-electron chi connectivity index (χ3n) is 2.56. The first-order valence-corrected chi connectivity index (χ1v) is 6.53. The number of aliphatic carboxylic acids is 1. The Kier molecular flexibility index (Phi) is 6.64. The molecular weight excluding hydrogens is 301 g/mol. The van der Waals surface area contributed by atoms with Crippen LogP contribution in [0.15, 0.2) is 24.3 Å². The summed E-state index contributed by atoms with van der Waals surface area (Å²) in [6.45, 7) is 1.67. The highest BCUT2D eigenvalue weighted by Gasteiger charge is 2.38. The molecule has 122 valence electrons. The summed E-state index contributed by atoms with van der Waals surface area (Å²) in [5.74, 6) is -1.92. The number of halogens is 3. The van der Waals surface area contributed by atoms with Crippen molar-refractivity contribution in [3.8, 4) is 0 Å². The molecule has 0 fully saturated rings. The molecule has 0 bridgehead atoms. The number of para-hydroxylation sites is 2. The number of imidazole rings is 1. The predicted octanol–water partition coefficient (Wildman–Crippen LogP) is 2.35. The summed E-state index contributed by atoms with van der Waals surface area (Å²) in [5, 5.41) is 10.4. The molecular formula is C13H17F3N4O2. The van der Waals surface area contributed by atoms with Crippen LogP contribution >= 0.6 is 0 Å². The monoisotopic (exact) mass is 318 g/mol. The number of unbranched alkanes of at least 4 members (excludes halogenated alkanes) is 1. The largest absolute Gasteiger partial charge is 0.490 e. The van der Waals surface area contributed by atoms with Crippen LogP contribution in [0.4, 0.5) is 19.1 Å². The smallest absolute Gasteiger partial charge is 0.475 e. The minimum atomic E-state index is -5.08. The molecule has 0 radical (unpaired) electrons. The molecule has 0 saturated carbocycles. The molecule has 2 rings (SSSR count). The topological polar surface area (TPSA) is 104 Å². The van der Waals surface area contributed by atoms with Crippen molar-refractivity contribution in [3.05, 3.63) is 24.3 Å². The normalized spacial score (nSPS) is 10.9. The van der Waals surface area contributed by atoms with Crippen molar-refractivity contribution in [2.24, 2.45) is 5.73 Å². The molecule has 0 saturated heterocycles. The molecule has 5 N–H and O–H groups in total. The number of nitrogens with two attached hydrogens (primary N) is 1. The first kappa shape index (κ1) is 17.8. The van der Waals surface area contributed by atoms with E-state index in [1.807, 2.05) is 24.3 Å². The van der Waals surface area contributed by atoms with E-state index in [-0.39, 0.29) is 0 Å². The highest BCUT2D eigenvalue weighted by atomic mass is 19.4. The number of anilines is 1. The Morgan fingerprint density at radius 1 is 1.32 bits per heavy atom. The van der Waals surface area contributed by atoms with Gasteiger partial charge in [0.1, 0.15) is 0 Å². The maximum Gasteiger partial charge on any atom is 0.490 e. The standard InChI is InChI=1S/C11H16N4.C2HF3O2/c12-7-3-4-8-13-11-14-9-5-1-2-6-10(9)15-11;3-2(4,5)1(6)7/h1-2,5-6H,3-4,7-8,12H2,(H2,13,14,15);(H,6,7). The Labute approximate surface area is 124 Å². The average molecular weight is 318 g/mol. The molecule has 9 heteroatoms. The number of carboxylic acids is 1. The van der Waals surface area contributed by atoms with Gasteiger partial charge in [0.25, 0.3) is 0 Å². The van der Waals surface area contributed by atoms with Crippen LogP contribution in [0.3, 0.4) is 0 Å². The lowest BCUT2D eigenvalue weighted by atomic mass is 10.3. The zero-order chi connectivity index (χ0) is 16.6. The van der Waals surface area contributed by atoms with Gasteiger partial charge in [-0.15, -0.1) is 0 Å². The molecule has 6 nitrogen and oxygen atoms in total. The molecule has 0 spiro atoms. The Balaban J connectivity index is 0.000000295. The van der Waals surface area contributed by atoms with Crippen LogP contribution < -0.4 is 11.1 Å². The van der Waals surface area contributed by atoms with Crippen molar-refractivity contribution in [3.63, 3.8) is 0 Å². The lowest BCUT2D eigenvalue weighted by molar-refractivity contribution is -0.192. The Morgan fingerprint density at radius 2 is 1.95 bits per heavy atom. The quantitative estimate of drug-likeness (QED) is 0.634. The first-order valence-electron chi connectivity index (χ1n) is 6.53. The minimum Gasteiger partial charge on any atom is -0.475 e. The van der Waals surface area contributed by atoms with E-state index >= 15 is 0 Å². The fraction of sp³-hybridized carbons (Fsp3) is 0.385. The van der Waals surface area contributed by atoms with Gasteiger partial charge in [0.15, 0.2) is 0 Å². The van der Waals surface area contributed by atoms with Gasteiger partial charge in [-0.3, -0.25) is 0 Å². The highest BCUT2D eigenvalue weighted by Crippen LogP contribution is 2.13. The van der Waals surface area contributed by atoms with Gasteiger partial charge < -0.3 is 21.1 Å². The zero-order valence-electron chi connectivity index (χ0n) is 11.7. The van der Waals surface area contributed by atoms with E-state index in [0.717, 1.165) is 42.9 Å². The lowest BCUT2D eigenvalue weighted by Crippen LogP contribution is -2.21. The molecule has 1 heterocycles. The number of H-pyrrole nitrogens is 1. The van der Waals surface area contributed by atoms with Crippen molar-refractivity contribution >= 4 is 23.0 Å². The number of carbonyl (C=O) groups is 1. The van der Waals surface area contributed by atoms with Crippen molar-refractivity contribution in [1.29, 1.82) is 0 Å². The van der Waals surface area contributed by atoms with Crippen molar-refractivity contribution in [1.82, 2.24) is 9.97 Å². The molecule has 0 aliphatic heterocycles. The zero-order valence-corrected chi connectivity index (χ0v) is 11.7. The molecule has 1 aromatic carbocycles. The van der Waals surface area contributed by atoms with Gasteiger partial charge in [-0.1, -0.05) is 12.1 Å². The number of carboxylic acid groups (broad SMARTS) is 1. The number of alkyl halides is 3. The van der Waals surface area contributed by atoms with Gasteiger partial charge in [0, 0.05) is 6.54 Å². The summed E-state index contributed by atoms with van der Waals surface area (Å²) in [5.41, 5.74) is 7.49. The van der Waals surface area contributed by atoms with Crippen molar-refractivity contribution < 1.29 is 23.1 Å². The Hall–Kier alpha value is -2.29. The summed E-state index contributed by atoms with van der Waals surface area (Å²) in [4.78, 5) is 16.5. The van der Waals surface area contributed by atoms with E-state index in [1.54, 1.807) is 0 Å². The summed E-state index contributed by atoms with van der Waals surface area (Å²) in [6, 6.07) is 8.00.